The third kappa shape index (κ3) is 6.80. The smallest absolute Gasteiger partial charge is 0.222 e. The number of halogens is 2. The lowest BCUT2D eigenvalue weighted by Crippen LogP contribution is -2.42. The molecular weight excluding hydrogens is 498 g/mol. The van der Waals surface area contributed by atoms with Crippen molar-refractivity contribution in [3.05, 3.63) is 35.6 Å². The third-order valence-corrected chi connectivity index (χ3v) is 5.86. The number of hydrogen-bond acceptors (Lipinski definition) is 3. The van der Waals surface area contributed by atoms with Crippen molar-refractivity contribution in [1.29, 1.82) is 0 Å². The maximum atomic E-state index is 13.4. The Morgan fingerprint density at radius 2 is 1.97 bits per heavy atom. The molecule has 2 aliphatic heterocycles. The molecule has 2 aliphatic rings. The summed E-state index contributed by atoms with van der Waals surface area (Å²) in [6, 6.07) is 6.81. The van der Waals surface area contributed by atoms with Crippen molar-refractivity contribution in [2.24, 2.45) is 4.99 Å². The number of ether oxygens (including phenoxy) is 1. The first-order valence-corrected chi connectivity index (χ1v) is 10.8. The molecule has 168 valence electrons. The first-order valence-electron chi connectivity index (χ1n) is 10.8. The standard InChI is InChI=1S/C22H33FN4O2.HI/c1-2-24-21(25-12-4-14-27-13-3-5-20(27)28)26-17-22(10-15-29-16-11-22)18-6-8-19(23)9-7-18;/h6-9H,2-5,10-17H2,1H3,(H2,24,25,26);1H. The Morgan fingerprint density at radius 1 is 1.23 bits per heavy atom. The van der Waals surface area contributed by atoms with E-state index < -0.39 is 0 Å². The topological polar surface area (TPSA) is 66.0 Å². The Hall–Kier alpha value is -1.42. The largest absolute Gasteiger partial charge is 0.381 e. The Kier molecular flexibility index (Phi) is 10.3. The van der Waals surface area contributed by atoms with Crippen molar-refractivity contribution in [2.45, 2.75) is 44.4 Å². The predicted octanol–water partition coefficient (Wildman–Crippen LogP) is 3.06. The van der Waals surface area contributed by atoms with Gasteiger partial charge in [0.15, 0.2) is 5.96 Å². The molecule has 8 heteroatoms. The van der Waals surface area contributed by atoms with Crippen molar-refractivity contribution in [3.63, 3.8) is 0 Å². The highest BCUT2D eigenvalue weighted by atomic mass is 127. The van der Waals surface area contributed by atoms with Crippen molar-refractivity contribution in [1.82, 2.24) is 15.5 Å². The number of carbonyl (C=O) groups is 1. The number of guanidine groups is 1. The van der Waals surface area contributed by atoms with E-state index in [1.54, 1.807) is 0 Å². The van der Waals surface area contributed by atoms with Gasteiger partial charge < -0.3 is 20.3 Å². The number of benzene rings is 1. The first-order chi connectivity index (χ1) is 14.1. The van der Waals surface area contributed by atoms with E-state index in [2.05, 4.69) is 10.6 Å². The number of rotatable bonds is 8. The molecule has 3 rings (SSSR count). The summed E-state index contributed by atoms with van der Waals surface area (Å²) < 4.78 is 19.0. The fraction of sp³-hybridized carbons (Fsp3) is 0.636. The van der Waals surface area contributed by atoms with Gasteiger partial charge in [-0.2, -0.15) is 0 Å². The third-order valence-electron chi connectivity index (χ3n) is 5.86. The summed E-state index contributed by atoms with van der Waals surface area (Å²) in [5.41, 5.74) is 0.991. The van der Waals surface area contributed by atoms with Gasteiger partial charge in [-0.25, -0.2) is 4.39 Å². The van der Waals surface area contributed by atoms with Crippen LogP contribution in [0.2, 0.25) is 0 Å². The minimum Gasteiger partial charge on any atom is -0.381 e. The lowest BCUT2D eigenvalue weighted by Gasteiger charge is -2.36. The molecule has 2 saturated heterocycles. The number of nitrogens with one attached hydrogen (secondary N) is 2. The zero-order chi connectivity index (χ0) is 20.5. The van der Waals surface area contributed by atoms with Crippen molar-refractivity contribution in [2.75, 3.05) is 45.9 Å². The molecule has 0 aliphatic carbocycles. The van der Waals surface area contributed by atoms with Crippen LogP contribution in [0.5, 0.6) is 0 Å². The van der Waals surface area contributed by atoms with Gasteiger partial charge in [-0.3, -0.25) is 9.79 Å². The molecule has 0 atom stereocenters. The van der Waals surface area contributed by atoms with Crippen molar-refractivity contribution >= 4 is 35.8 Å². The molecule has 0 saturated carbocycles. The Morgan fingerprint density at radius 3 is 2.60 bits per heavy atom. The van der Waals surface area contributed by atoms with Gasteiger partial charge in [-0.1, -0.05) is 12.1 Å². The summed E-state index contributed by atoms with van der Waals surface area (Å²) in [4.78, 5) is 18.5. The van der Waals surface area contributed by atoms with Crippen LogP contribution in [0.3, 0.4) is 0 Å². The van der Waals surface area contributed by atoms with Crippen LogP contribution in [-0.2, 0) is 14.9 Å². The number of likely N-dealkylation sites (tertiary alicyclic amines) is 1. The maximum absolute atomic E-state index is 13.4. The second-order valence-corrected chi connectivity index (χ2v) is 7.86. The van der Waals surface area contributed by atoms with Gasteiger partial charge in [0.1, 0.15) is 5.82 Å². The average molecular weight is 532 g/mol. The summed E-state index contributed by atoms with van der Waals surface area (Å²) in [5, 5.41) is 6.69. The molecule has 2 N–H and O–H groups in total. The summed E-state index contributed by atoms with van der Waals surface area (Å²) in [5.74, 6) is 0.838. The van der Waals surface area contributed by atoms with Gasteiger partial charge in [-0.05, 0) is 50.3 Å². The second-order valence-electron chi connectivity index (χ2n) is 7.86. The van der Waals surface area contributed by atoms with Crippen LogP contribution in [0.25, 0.3) is 0 Å². The van der Waals surface area contributed by atoms with E-state index >= 15 is 0 Å². The van der Waals surface area contributed by atoms with Gasteiger partial charge in [0.2, 0.25) is 5.91 Å². The molecule has 6 nitrogen and oxygen atoms in total. The minimum atomic E-state index is -0.217. The van der Waals surface area contributed by atoms with Gasteiger partial charge in [-0.15, -0.1) is 24.0 Å². The van der Waals surface area contributed by atoms with Gasteiger partial charge >= 0.3 is 0 Å². The van der Waals surface area contributed by atoms with Crippen LogP contribution in [0.1, 0.15) is 44.6 Å². The number of carbonyl (C=O) groups excluding carboxylic acids is 1. The minimum absolute atomic E-state index is 0. The quantitative estimate of drug-likeness (QED) is 0.234. The second kappa shape index (κ2) is 12.4. The molecule has 0 spiro atoms. The molecule has 1 aromatic rings. The highest BCUT2D eigenvalue weighted by Crippen LogP contribution is 2.35. The molecule has 30 heavy (non-hydrogen) atoms. The van der Waals surface area contributed by atoms with Crippen LogP contribution >= 0.6 is 24.0 Å². The monoisotopic (exact) mass is 532 g/mol. The lowest BCUT2D eigenvalue weighted by molar-refractivity contribution is -0.127. The lowest BCUT2D eigenvalue weighted by atomic mass is 9.74. The van der Waals surface area contributed by atoms with Crippen LogP contribution in [0, 0.1) is 5.82 Å². The van der Waals surface area contributed by atoms with Crippen LogP contribution < -0.4 is 10.6 Å². The Labute approximate surface area is 196 Å². The molecule has 1 aromatic carbocycles. The molecule has 0 radical (unpaired) electrons. The van der Waals surface area contributed by atoms with E-state index in [4.69, 9.17) is 9.73 Å². The number of nitrogens with zero attached hydrogens (tertiary/aromatic N) is 2. The predicted molar refractivity (Wildman–Crippen MR) is 128 cm³/mol. The average Bonchev–Trinajstić information content (AvgIpc) is 3.15. The summed E-state index contributed by atoms with van der Waals surface area (Å²) >= 11 is 0. The van der Waals surface area contributed by atoms with E-state index in [0.29, 0.717) is 26.2 Å². The van der Waals surface area contributed by atoms with E-state index in [-0.39, 0.29) is 41.1 Å². The molecule has 2 heterocycles. The van der Waals surface area contributed by atoms with E-state index in [0.717, 1.165) is 63.4 Å². The fourth-order valence-corrected chi connectivity index (χ4v) is 4.09. The van der Waals surface area contributed by atoms with Gasteiger partial charge in [0.05, 0.1) is 6.54 Å². The molecular formula is C22H34FIN4O2. The number of aliphatic imine (C=N–C) groups is 1. The van der Waals surface area contributed by atoms with Crippen LogP contribution in [-0.4, -0.2) is 62.7 Å². The fourth-order valence-electron chi connectivity index (χ4n) is 4.09. The van der Waals surface area contributed by atoms with Crippen molar-refractivity contribution in [3.8, 4) is 0 Å². The first kappa shape index (κ1) is 24.8. The zero-order valence-corrected chi connectivity index (χ0v) is 20.1. The van der Waals surface area contributed by atoms with Crippen molar-refractivity contribution < 1.29 is 13.9 Å². The van der Waals surface area contributed by atoms with E-state index in [1.165, 1.54) is 12.1 Å². The molecule has 0 aromatic heterocycles. The van der Waals surface area contributed by atoms with E-state index in [1.807, 2.05) is 24.0 Å². The number of amides is 1. The zero-order valence-electron chi connectivity index (χ0n) is 17.8. The Balaban J connectivity index is 0.00000320. The maximum Gasteiger partial charge on any atom is 0.222 e. The SMILES string of the molecule is CCNC(=NCC1(c2ccc(F)cc2)CCOCC1)NCCCN1CCCC1=O.I. The highest BCUT2D eigenvalue weighted by Gasteiger charge is 2.34. The van der Waals surface area contributed by atoms with Gasteiger partial charge in [0, 0.05) is 51.2 Å². The highest BCUT2D eigenvalue weighted by molar-refractivity contribution is 14.0. The Bertz CT molecular complexity index is 693. The van der Waals surface area contributed by atoms with Crippen LogP contribution in [0.4, 0.5) is 4.39 Å². The molecule has 0 bridgehead atoms. The van der Waals surface area contributed by atoms with E-state index in [9.17, 15) is 9.18 Å². The summed E-state index contributed by atoms with van der Waals surface area (Å²) in [7, 11) is 0. The van der Waals surface area contributed by atoms with Crippen LogP contribution in [0.15, 0.2) is 29.3 Å². The summed E-state index contributed by atoms with van der Waals surface area (Å²) in [6.07, 6.45) is 4.31. The normalized spacial score (nSPS) is 18.8. The molecule has 2 fully saturated rings. The summed E-state index contributed by atoms with van der Waals surface area (Å²) in [6.45, 7) is 7.29. The molecule has 1 amide bonds. The van der Waals surface area contributed by atoms with Gasteiger partial charge in [0.25, 0.3) is 0 Å². The number of hydrogen-bond donors (Lipinski definition) is 2. The molecule has 0 unspecified atom stereocenters.